The van der Waals surface area contributed by atoms with Crippen LogP contribution in [-0.4, -0.2) is 46.7 Å². The Hall–Kier alpha value is -1.62. The molecule has 2 bridgehead atoms. The Morgan fingerprint density at radius 2 is 2.21 bits per heavy atom. The Kier molecular flexibility index (Phi) is 3.43. The van der Waals surface area contributed by atoms with E-state index in [-0.39, 0.29) is 5.91 Å². The third-order valence-corrected chi connectivity index (χ3v) is 6.49. The highest BCUT2D eigenvalue weighted by Gasteiger charge is 2.67. The van der Waals surface area contributed by atoms with Crippen molar-refractivity contribution in [3.05, 3.63) is 23.8 Å². The summed E-state index contributed by atoms with van der Waals surface area (Å²) < 4.78 is 5.95. The second-order valence-electron chi connectivity index (χ2n) is 8.17. The molecule has 0 saturated carbocycles. The lowest BCUT2D eigenvalue weighted by atomic mass is 9.75. The maximum absolute atomic E-state index is 13.0. The predicted octanol–water partition coefficient (Wildman–Crippen LogP) is 2.09. The van der Waals surface area contributed by atoms with Crippen molar-refractivity contribution < 1.29 is 19.4 Å². The molecule has 0 unspecified atom stereocenters. The summed E-state index contributed by atoms with van der Waals surface area (Å²) in [4.78, 5) is 26.5. The van der Waals surface area contributed by atoms with Crippen molar-refractivity contribution in [1.82, 2.24) is 4.90 Å². The van der Waals surface area contributed by atoms with Crippen LogP contribution in [0.3, 0.4) is 0 Å². The van der Waals surface area contributed by atoms with E-state index < -0.39 is 29.5 Å². The van der Waals surface area contributed by atoms with Gasteiger partial charge >= 0.3 is 5.97 Å². The van der Waals surface area contributed by atoms with E-state index in [0.29, 0.717) is 30.8 Å². The van der Waals surface area contributed by atoms with Crippen LogP contribution >= 0.6 is 0 Å². The van der Waals surface area contributed by atoms with Crippen LogP contribution in [0.2, 0.25) is 0 Å². The van der Waals surface area contributed by atoms with E-state index in [2.05, 4.69) is 26.8 Å². The minimum atomic E-state index is -0.926. The van der Waals surface area contributed by atoms with Crippen LogP contribution in [0, 0.1) is 29.6 Å². The molecule has 0 aromatic heterocycles. The summed E-state index contributed by atoms with van der Waals surface area (Å²) in [5.74, 6) is -0.893. The van der Waals surface area contributed by atoms with Crippen LogP contribution in [0.25, 0.3) is 0 Å². The van der Waals surface area contributed by atoms with Gasteiger partial charge in [0.05, 0.1) is 18.6 Å². The van der Waals surface area contributed by atoms with Crippen molar-refractivity contribution in [2.75, 3.05) is 13.1 Å². The number of allylic oxidation sites excluding steroid dienone is 2. The first-order chi connectivity index (χ1) is 11.3. The highest BCUT2D eigenvalue weighted by atomic mass is 16.5. The van der Waals surface area contributed by atoms with Gasteiger partial charge in [-0.15, -0.1) is 0 Å². The fourth-order valence-electron chi connectivity index (χ4n) is 5.43. The van der Waals surface area contributed by atoms with Crippen LogP contribution in [0.15, 0.2) is 23.8 Å². The number of carbonyl (C=O) groups is 2. The van der Waals surface area contributed by atoms with Gasteiger partial charge in [-0.05, 0) is 31.1 Å². The zero-order valence-electron chi connectivity index (χ0n) is 14.4. The standard InChI is InChI=1S/C19H25NO4/c1-10-6-11(2)13(12(3)7-10)8-20-9-19-5-4-14(24-19)15(18(22)23)16(19)17(20)21/h4-6,11-16H,7-9H2,1-3H3,(H,22,23)/t11-,12+,13+,14+,15+,16-,19+/m1/s1. The van der Waals surface area contributed by atoms with Gasteiger partial charge in [0.2, 0.25) is 5.91 Å². The van der Waals surface area contributed by atoms with Crippen molar-refractivity contribution >= 4 is 11.9 Å². The minimum absolute atomic E-state index is 0.0417. The molecular formula is C19H25NO4. The molecule has 3 aliphatic heterocycles. The number of amides is 1. The van der Waals surface area contributed by atoms with Crippen LogP contribution in [0.1, 0.15) is 27.2 Å². The van der Waals surface area contributed by atoms with E-state index in [1.54, 1.807) is 0 Å². The maximum atomic E-state index is 13.0. The van der Waals surface area contributed by atoms with Crippen LogP contribution in [0.5, 0.6) is 0 Å². The number of carboxylic acid groups (broad SMARTS) is 1. The van der Waals surface area contributed by atoms with Crippen LogP contribution in [-0.2, 0) is 14.3 Å². The number of carbonyl (C=O) groups excluding carboxylic acids is 1. The SMILES string of the molecule is CC1=C[C@@H](C)[C@H](CN2C[C@]34C=C[C@H](O3)[C@H](C(=O)O)[C@@H]4C2=O)[C@@H](C)C1. The third-order valence-electron chi connectivity index (χ3n) is 6.49. The minimum Gasteiger partial charge on any atom is -0.481 e. The molecular weight excluding hydrogens is 306 g/mol. The molecule has 2 saturated heterocycles. The predicted molar refractivity (Wildman–Crippen MR) is 88.1 cm³/mol. The molecule has 1 spiro atoms. The molecule has 1 amide bonds. The van der Waals surface area contributed by atoms with Gasteiger partial charge in [0.25, 0.3) is 0 Å². The molecule has 1 aliphatic carbocycles. The number of aliphatic carboxylic acids is 1. The summed E-state index contributed by atoms with van der Waals surface area (Å²) in [5.41, 5.74) is 0.711. The number of likely N-dealkylation sites (tertiary alicyclic amines) is 1. The fourth-order valence-corrected chi connectivity index (χ4v) is 5.43. The monoisotopic (exact) mass is 331 g/mol. The summed E-state index contributed by atoms with van der Waals surface area (Å²) >= 11 is 0. The molecule has 5 heteroatoms. The molecule has 0 radical (unpaired) electrons. The van der Waals surface area contributed by atoms with Crippen molar-refractivity contribution in [3.63, 3.8) is 0 Å². The average molecular weight is 331 g/mol. The lowest BCUT2D eigenvalue weighted by Crippen LogP contribution is -2.41. The summed E-state index contributed by atoms with van der Waals surface area (Å²) in [6.45, 7) is 7.82. The first-order valence-corrected chi connectivity index (χ1v) is 8.88. The molecule has 2 fully saturated rings. The molecule has 3 heterocycles. The van der Waals surface area contributed by atoms with E-state index in [1.807, 2.05) is 17.1 Å². The summed E-state index contributed by atoms with van der Waals surface area (Å²) in [5, 5.41) is 9.53. The zero-order chi connectivity index (χ0) is 17.2. The number of ether oxygens (including phenoxy) is 1. The van der Waals surface area contributed by atoms with Gasteiger partial charge in [-0.1, -0.05) is 37.6 Å². The maximum Gasteiger partial charge on any atom is 0.310 e. The number of hydrogen-bond donors (Lipinski definition) is 1. The molecule has 4 rings (SSSR count). The largest absolute Gasteiger partial charge is 0.481 e. The number of fused-ring (bicyclic) bond motifs is 1. The van der Waals surface area contributed by atoms with Crippen molar-refractivity contribution in [1.29, 1.82) is 0 Å². The first-order valence-electron chi connectivity index (χ1n) is 8.88. The highest BCUT2D eigenvalue weighted by Crippen LogP contribution is 2.52. The molecule has 24 heavy (non-hydrogen) atoms. The molecule has 1 N–H and O–H groups in total. The van der Waals surface area contributed by atoms with Gasteiger partial charge in [-0.3, -0.25) is 9.59 Å². The van der Waals surface area contributed by atoms with Gasteiger partial charge in [-0.2, -0.15) is 0 Å². The van der Waals surface area contributed by atoms with Crippen molar-refractivity contribution in [2.24, 2.45) is 29.6 Å². The Labute approximate surface area is 142 Å². The first kappa shape index (κ1) is 15.9. The topological polar surface area (TPSA) is 66.8 Å². The Bertz CT molecular complexity index is 654. The van der Waals surface area contributed by atoms with Crippen molar-refractivity contribution in [3.8, 4) is 0 Å². The van der Waals surface area contributed by atoms with Crippen LogP contribution in [0.4, 0.5) is 0 Å². The number of carboxylic acids is 1. The molecule has 130 valence electrons. The van der Waals surface area contributed by atoms with Crippen molar-refractivity contribution in [2.45, 2.75) is 38.9 Å². The molecule has 0 aromatic carbocycles. The van der Waals surface area contributed by atoms with E-state index in [0.717, 1.165) is 6.42 Å². The molecule has 5 nitrogen and oxygen atoms in total. The lowest BCUT2D eigenvalue weighted by molar-refractivity contribution is -0.148. The van der Waals surface area contributed by atoms with Gasteiger partial charge < -0.3 is 14.7 Å². The van der Waals surface area contributed by atoms with E-state index in [1.165, 1.54) is 5.57 Å². The second kappa shape index (κ2) is 5.19. The summed E-state index contributed by atoms with van der Waals surface area (Å²) in [7, 11) is 0. The van der Waals surface area contributed by atoms with Crippen LogP contribution < -0.4 is 0 Å². The molecule has 0 aromatic rings. The van der Waals surface area contributed by atoms with E-state index in [4.69, 9.17) is 4.74 Å². The fraction of sp³-hybridized carbons (Fsp3) is 0.684. The third kappa shape index (κ3) is 2.10. The van der Waals surface area contributed by atoms with Gasteiger partial charge in [-0.25, -0.2) is 0 Å². The van der Waals surface area contributed by atoms with E-state index in [9.17, 15) is 14.7 Å². The number of rotatable bonds is 3. The average Bonchev–Trinajstić information content (AvgIpc) is 3.11. The van der Waals surface area contributed by atoms with Gasteiger partial charge in [0.1, 0.15) is 11.5 Å². The Balaban J connectivity index is 1.56. The zero-order valence-corrected chi connectivity index (χ0v) is 14.4. The number of nitrogens with zero attached hydrogens (tertiary/aromatic N) is 1. The Morgan fingerprint density at radius 3 is 2.88 bits per heavy atom. The highest BCUT2D eigenvalue weighted by molar-refractivity contribution is 5.90. The lowest BCUT2D eigenvalue weighted by Gasteiger charge is -2.36. The quantitative estimate of drug-likeness (QED) is 0.804. The summed E-state index contributed by atoms with van der Waals surface area (Å²) in [6.07, 6.45) is 6.69. The van der Waals surface area contributed by atoms with Gasteiger partial charge in [0.15, 0.2) is 0 Å². The normalized spacial score (nSPS) is 46.4. The number of hydrogen-bond acceptors (Lipinski definition) is 3. The van der Waals surface area contributed by atoms with E-state index >= 15 is 0 Å². The van der Waals surface area contributed by atoms with Gasteiger partial charge in [0, 0.05) is 6.54 Å². The smallest absolute Gasteiger partial charge is 0.310 e. The Morgan fingerprint density at radius 1 is 1.46 bits per heavy atom. The summed E-state index contributed by atoms with van der Waals surface area (Å²) in [6, 6.07) is 0. The molecule has 4 aliphatic rings. The second-order valence-corrected chi connectivity index (χ2v) is 8.17. The molecule has 7 atom stereocenters.